The number of nitrogens with zero attached hydrogens (tertiary/aromatic N) is 3. The monoisotopic (exact) mass is 324 g/mol. The predicted molar refractivity (Wildman–Crippen MR) is 91.6 cm³/mol. The molecule has 0 radical (unpaired) electrons. The lowest BCUT2D eigenvalue weighted by atomic mass is 10.1. The minimum Gasteiger partial charge on any atom is -0.370 e. The number of hydrogen-bond acceptors (Lipinski definition) is 5. The quantitative estimate of drug-likeness (QED) is 0.828. The molecule has 0 fully saturated rings. The van der Waals surface area contributed by atoms with Gasteiger partial charge in [-0.2, -0.15) is 0 Å². The summed E-state index contributed by atoms with van der Waals surface area (Å²) in [5.41, 5.74) is 1.19. The van der Waals surface area contributed by atoms with Gasteiger partial charge in [-0.3, -0.25) is 0 Å². The van der Waals surface area contributed by atoms with Crippen molar-refractivity contribution in [3.05, 3.63) is 33.2 Å². The Morgan fingerprint density at radius 3 is 2.71 bits per heavy atom. The third kappa shape index (κ3) is 4.08. The minimum atomic E-state index is 0.802. The summed E-state index contributed by atoms with van der Waals surface area (Å²) in [5, 5.41) is 3.33. The van der Waals surface area contributed by atoms with Gasteiger partial charge in [0.25, 0.3) is 0 Å². The zero-order chi connectivity index (χ0) is 15.2. The summed E-state index contributed by atoms with van der Waals surface area (Å²) in [6.07, 6.45) is 3.66. The first kappa shape index (κ1) is 16.0. The first-order valence-corrected chi connectivity index (χ1v) is 8.38. The van der Waals surface area contributed by atoms with E-state index in [-0.39, 0.29) is 0 Å². The van der Waals surface area contributed by atoms with Crippen LogP contribution in [-0.2, 0) is 13.0 Å². The molecule has 0 amide bonds. The smallest absolute Gasteiger partial charge is 0.137 e. The van der Waals surface area contributed by atoms with Crippen molar-refractivity contribution in [3.8, 4) is 0 Å². The van der Waals surface area contributed by atoms with Crippen molar-refractivity contribution in [1.82, 2.24) is 9.97 Å². The summed E-state index contributed by atoms with van der Waals surface area (Å²) >= 11 is 7.61. The highest BCUT2D eigenvalue weighted by molar-refractivity contribution is 7.16. The molecule has 0 bridgehead atoms. The topological polar surface area (TPSA) is 41.1 Å². The van der Waals surface area contributed by atoms with Crippen molar-refractivity contribution in [1.29, 1.82) is 0 Å². The first-order valence-electron chi connectivity index (χ1n) is 7.18. The zero-order valence-corrected chi connectivity index (χ0v) is 14.3. The second-order valence-corrected chi connectivity index (χ2v) is 6.67. The van der Waals surface area contributed by atoms with Crippen molar-refractivity contribution in [2.45, 2.75) is 33.2 Å². The van der Waals surface area contributed by atoms with Crippen LogP contribution >= 0.6 is 22.9 Å². The second-order valence-electron chi connectivity index (χ2n) is 4.87. The molecule has 0 aliphatic rings. The second kappa shape index (κ2) is 7.61. The zero-order valence-electron chi connectivity index (χ0n) is 12.7. The Balaban J connectivity index is 2.26. The normalized spacial score (nSPS) is 10.7. The summed E-state index contributed by atoms with van der Waals surface area (Å²) in [6, 6.07) is 4.00. The summed E-state index contributed by atoms with van der Waals surface area (Å²) in [5.74, 6) is 1.94. The molecule has 0 atom stereocenters. The van der Waals surface area contributed by atoms with Crippen molar-refractivity contribution < 1.29 is 0 Å². The standard InChI is InChI=1S/C15H21ClN4S/c1-4-6-12-14(17-5-2)18-10-19-15(12)20(3)9-11-7-8-13(16)21-11/h7-8,10H,4-6,9H2,1-3H3,(H,17,18,19). The first-order chi connectivity index (χ1) is 10.2. The number of rotatable bonds is 7. The highest BCUT2D eigenvalue weighted by Crippen LogP contribution is 2.28. The lowest BCUT2D eigenvalue weighted by Gasteiger charge is -2.22. The molecule has 0 aromatic carbocycles. The van der Waals surface area contributed by atoms with Crippen molar-refractivity contribution in [2.75, 3.05) is 23.8 Å². The molecule has 0 saturated heterocycles. The van der Waals surface area contributed by atoms with Gasteiger partial charge < -0.3 is 10.2 Å². The van der Waals surface area contributed by atoms with Gasteiger partial charge in [0.2, 0.25) is 0 Å². The summed E-state index contributed by atoms with van der Waals surface area (Å²) in [4.78, 5) is 12.3. The minimum absolute atomic E-state index is 0.802. The van der Waals surface area contributed by atoms with Gasteiger partial charge in [-0.25, -0.2) is 9.97 Å². The molecule has 0 unspecified atom stereocenters. The molecule has 1 N–H and O–H groups in total. The van der Waals surface area contributed by atoms with Crippen LogP contribution in [0, 0.1) is 0 Å². The number of anilines is 2. The van der Waals surface area contributed by atoms with E-state index in [9.17, 15) is 0 Å². The SMILES string of the molecule is CCCc1c(NCC)ncnc1N(C)Cc1ccc(Cl)s1. The van der Waals surface area contributed by atoms with Crippen molar-refractivity contribution in [2.24, 2.45) is 0 Å². The molecular formula is C15H21ClN4S. The molecule has 2 heterocycles. The third-order valence-electron chi connectivity index (χ3n) is 3.15. The third-order valence-corrected chi connectivity index (χ3v) is 4.37. The van der Waals surface area contributed by atoms with Gasteiger partial charge in [-0.05, 0) is 25.5 Å². The van der Waals surface area contributed by atoms with Gasteiger partial charge in [0.1, 0.15) is 18.0 Å². The largest absolute Gasteiger partial charge is 0.370 e. The Kier molecular flexibility index (Phi) is 5.82. The number of halogens is 1. The fourth-order valence-electron chi connectivity index (χ4n) is 2.28. The molecule has 0 aliphatic heterocycles. The van der Waals surface area contributed by atoms with Crippen LogP contribution in [0.3, 0.4) is 0 Å². The Morgan fingerprint density at radius 2 is 2.10 bits per heavy atom. The van der Waals surface area contributed by atoms with Crippen LogP contribution in [0.1, 0.15) is 30.7 Å². The Bertz CT molecular complexity index is 585. The Morgan fingerprint density at radius 1 is 1.29 bits per heavy atom. The molecule has 2 aromatic heterocycles. The highest BCUT2D eigenvalue weighted by Gasteiger charge is 2.14. The molecule has 6 heteroatoms. The number of thiophene rings is 1. The maximum Gasteiger partial charge on any atom is 0.137 e. The Labute approximate surface area is 135 Å². The average molecular weight is 325 g/mol. The molecular weight excluding hydrogens is 304 g/mol. The molecule has 21 heavy (non-hydrogen) atoms. The van der Waals surface area contributed by atoms with Crippen LogP contribution in [0.4, 0.5) is 11.6 Å². The maximum atomic E-state index is 6.00. The lowest BCUT2D eigenvalue weighted by Crippen LogP contribution is -2.20. The van der Waals surface area contributed by atoms with Crippen LogP contribution in [0.25, 0.3) is 0 Å². The molecule has 0 aliphatic carbocycles. The van der Waals surface area contributed by atoms with Crippen LogP contribution < -0.4 is 10.2 Å². The van der Waals surface area contributed by atoms with Gasteiger partial charge in [0.05, 0.1) is 10.9 Å². The van der Waals surface area contributed by atoms with Crippen LogP contribution in [0.15, 0.2) is 18.5 Å². The molecule has 2 aromatic rings. The molecule has 0 saturated carbocycles. The maximum absolute atomic E-state index is 6.00. The van der Waals surface area contributed by atoms with E-state index in [0.29, 0.717) is 0 Å². The number of hydrogen-bond donors (Lipinski definition) is 1. The molecule has 2 rings (SSSR count). The van der Waals surface area contributed by atoms with Crippen molar-refractivity contribution in [3.63, 3.8) is 0 Å². The van der Waals surface area contributed by atoms with Gasteiger partial charge in [-0.15, -0.1) is 11.3 Å². The van der Waals surface area contributed by atoms with E-state index in [1.54, 1.807) is 17.7 Å². The van der Waals surface area contributed by atoms with E-state index in [1.807, 2.05) is 6.07 Å². The van der Waals surface area contributed by atoms with Crippen LogP contribution in [0.5, 0.6) is 0 Å². The van der Waals surface area contributed by atoms with Gasteiger partial charge >= 0.3 is 0 Å². The fraction of sp³-hybridized carbons (Fsp3) is 0.467. The van der Waals surface area contributed by atoms with Crippen LogP contribution in [-0.4, -0.2) is 23.6 Å². The molecule has 114 valence electrons. The van der Waals surface area contributed by atoms with E-state index in [2.05, 4.69) is 47.1 Å². The van der Waals surface area contributed by atoms with E-state index in [1.165, 1.54) is 10.4 Å². The number of nitrogens with one attached hydrogen (secondary N) is 1. The lowest BCUT2D eigenvalue weighted by molar-refractivity contribution is 0.848. The highest BCUT2D eigenvalue weighted by atomic mass is 35.5. The van der Waals surface area contributed by atoms with E-state index in [0.717, 1.165) is 41.9 Å². The Hall–Kier alpha value is -1.33. The van der Waals surface area contributed by atoms with E-state index >= 15 is 0 Å². The summed E-state index contributed by atoms with van der Waals surface area (Å²) in [6.45, 7) is 5.91. The molecule has 4 nitrogen and oxygen atoms in total. The van der Waals surface area contributed by atoms with Gasteiger partial charge in [0, 0.05) is 24.0 Å². The van der Waals surface area contributed by atoms with Gasteiger partial charge in [0.15, 0.2) is 0 Å². The summed E-state index contributed by atoms with van der Waals surface area (Å²) in [7, 11) is 2.06. The fourth-order valence-corrected chi connectivity index (χ4v) is 3.42. The van der Waals surface area contributed by atoms with Crippen LogP contribution in [0.2, 0.25) is 4.34 Å². The van der Waals surface area contributed by atoms with E-state index < -0.39 is 0 Å². The van der Waals surface area contributed by atoms with E-state index in [4.69, 9.17) is 11.6 Å². The average Bonchev–Trinajstić information content (AvgIpc) is 2.86. The van der Waals surface area contributed by atoms with Crippen molar-refractivity contribution >= 4 is 34.6 Å². The molecule has 0 spiro atoms. The number of aromatic nitrogens is 2. The summed E-state index contributed by atoms with van der Waals surface area (Å²) < 4.78 is 0.822. The van der Waals surface area contributed by atoms with Gasteiger partial charge in [-0.1, -0.05) is 24.9 Å². The predicted octanol–water partition coefficient (Wildman–Crippen LogP) is 4.21.